The molecule has 2 bridgehead atoms. The predicted octanol–water partition coefficient (Wildman–Crippen LogP) is 4.10. The zero-order valence-corrected chi connectivity index (χ0v) is 17.6. The second-order valence-electron chi connectivity index (χ2n) is 8.12. The molecule has 0 amide bonds. The van der Waals surface area contributed by atoms with Crippen LogP contribution in [-0.4, -0.2) is 48.2 Å². The minimum atomic E-state index is -0.339. The lowest BCUT2D eigenvalue weighted by molar-refractivity contribution is -0.149. The molecule has 2 aliphatic rings. The van der Waals surface area contributed by atoms with E-state index in [0.717, 1.165) is 24.0 Å². The molecule has 4 rings (SSSR count). The molecule has 0 unspecified atom stereocenters. The lowest BCUT2D eigenvalue weighted by Crippen LogP contribution is -2.45. The maximum absolute atomic E-state index is 12.3. The van der Waals surface area contributed by atoms with Gasteiger partial charge in [0.1, 0.15) is 12.2 Å². The first kappa shape index (κ1) is 21.1. The summed E-state index contributed by atoms with van der Waals surface area (Å²) in [5.74, 6) is -0.675. The van der Waals surface area contributed by atoms with Crippen LogP contribution < -0.4 is 0 Å². The molecule has 0 aromatic heterocycles. The molecule has 2 fully saturated rings. The lowest BCUT2D eigenvalue weighted by Gasteiger charge is -2.36. The molecule has 0 spiro atoms. The maximum atomic E-state index is 12.3. The van der Waals surface area contributed by atoms with Gasteiger partial charge in [0.05, 0.1) is 6.04 Å². The molecule has 2 aromatic rings. The molecular weight excluding hydrogens is 390 g/mol. The summed E-state index contributed by atoms with van der Waals surface area (Å²) in [6.07, 6.45) is 8.30. The topological polar surface area (TPSA) is 55.8 Å². The summed E-state index contributed by atoms with van der Waals surface area (Å²) in [5.41, 5.74) is 1.91. The number of hydrogen-bond acceptors (Lipinski definition) is 5. The molecule has 0 N–H and O–H groups in total. The average molecular weight is 418 g/mol. The Hall–Kier alpha value is -3.18. The highest BCUT2D eigenvalue weighted by Gasteiger charge is 2.47. The Labute approximate surface area is 183 Å². The SMILES string of the molecule is CN1[C@H]2C[C@H](OC(=O)C=Cc3ccccc3)C[C@@H]1[C@@H](OC(=O)C=Cc1ccccc1)C2. The fourth-order valence-electron chi connectivity index (χ4n) is 4.45. The van der Waals surface area contributed by atoms with E-state index in [4.69, 9.17) is 9.47 Å². The van der Waals surface area contributed by atoms with Gasteiger partial charge >= 0.3 is 11.9 Å². The van der Waals surface area contributed by atoms with Gasteiger partial charge in [-0.2, -0.15) is 0 Å². The van der Waals surface area contributed by atoms with Crippen LogP contribution in [0.25, 0.3) is 12.2 Å². The van der Waals surface area contributed by atoms with Crippen molar-refractivity contribution < 1.29 is 19.1 Å². The van der Waals surface area contributed by atoms with Gasteiger partial charge in [0.2, 0.25) is 0 Å². The molecule has 5 heteroatoms. The summed E-state index contributed by atoms with van der Waals surface area (Å²) in [7, 11) is 2.05. The number of hydrogen-bond donors (Lipinski definition) is 0. The van der Waals surface area contributed by atoms with Crippen molar-refractivity contribution in [3.63, 3.8) is 0 Å². The van der Waals surface area contributed by atoms with Gasteiger partial charge in [-0.05, 0) is 30.3 Å². The number of piperidine rings is 1. The molecular formula is C26H27NO4. The minimum Gasteiger partial charge on any atom is -0.459 e. The summed E-state index contributed by atoms with van der Waals surface area (Å²) in [4.78, 5) is 26.8. The molecule has 4 atom stereocenters. The van der Waals surface area contributed by atoms with E-state index in [2.05, 4.69) is 11.9 Å². The lowest BCUT2D eigenvalue weighted by atomic mass is 10.0. The van der Waals surface area contributed by atoms with Crippen LogP contribution in [0.4, 0.5) is 0 Å². The fraction of sp³-hybridized carbons (Fsp3) is 0.308. The monoisotopic (exact) mass is 417 g/mol. The summed E-state index contributed by atoms with van der Waals surface area (Å²) in [6.45, 7) is 0. The van der Waals surface area contributed by atoms with Crippen molar-refractivity contribution in [2.24, 2.45) is 0 Å². The number of likely N-dealkylation sites (N-methyl/N-ethyl adjacent to an activating group) is 1. The first-order valence-electron chi connectivity index (χ1n) is 10.7. The first-order valence-corrected chi connectivity index (χ1v) is 10.7. The molecule has 2 aromatic carbocycles. The number of benzene rings is 2. The van der Waals surface area contributed by atoms with Gasteiger partial charge in [-0.3, -0.25) is 4.90 Å². The Morgan fingerprint density at radius 2 is 1.35 bits per heavy atom. The maximum Gasteiger partial charge on any atom is 0.331 e. The van der Waals surface area contributed by atoms with Crippen molar-refractivity contribution in [1.29, 1.82) is 0 Å². The number of nitrogens with zero attached hydrogens (tertiary/aromatic N) is 1. The van der Waals surface area contributed by atoms with Crippen molar-refractivity contribution in [3.8, 4) is 0 Å². The quantitative estimate of drug-likeness (QED) is 0.523. The Balaban J connectivity index is 1.31. The molecule has 0 radical (unpaired) electrons. The van der Waals surface area contributed by atoms with Crippen LogP contribution >= 0.6 is 0 Å². The van der Waals surface area contributed by atoms with Crippen molar-refractivity contribution >= 4 is 24.1 Å². The molecule has 31 heavy (non-hydrogen) atoms. The van der Waals surface area contributed by atoms with Crippen molar-refractivity contribution in [1.82, 2.24) is 4.90 Å². The highest BCUT2D eigenvalue weighted by molar-refractivity contribution is 5.87. The molecule has 0 saturated carbocycles. The second-order valence-corrected chi connectivity index (χ2v) is 8.12. The number of ether oxygens (including phenoxy) is 2. The molecule has 5 nitrogen and oxygen atoms in total. The van der Waals surface area contributed by atoms with E-state index < -0.39 is 0 Å². The summed E-state index contributed by atoms with van der Waals surface area (Å²) >= 11 is 0. The molecule has 160 valence electrons. The Morgan fingerprint density at radius 1 is 0.806 bits per heavy atom. The standard InChI is InChI=1S/C26H27NO4/c1-27-21-16-22(30-25(28)14-12-19-8-4-2-5-9-19)18-23(27)24(17-21)31-26(29)15-13-20-10-6-3-7-11-20/h2-15,21-24H,16-18H2,1H3/t21-,22-,23+,24-/m0/s1. The van der Waals surface area contributed by atoms with Crippen LogP contribution in [0, 0.1) is 0 Å². The highest BCUT2D eigenvalue weighted by Crippen LogP contribution is 2.37. The Morgan fingerprint density at radius 3 is 1.94 bits per heavy atom. The Kier molecular flexibility index (Phi) is 6.63. The third kappa shape index (κ3) is 5.50. The average Bonchev–Trinajstić information content (AvgIpc) is 2.95. The summed E-state index contributed by atoms with van der Waals surface area (Å²) in [5, 5.41) is 0. The Bertz CT molecular complexity index is 952. The molecule has 2 heterocycles. The zero-order chi connectivity index (χ0) is 21.6. The zero-order valence-electron chi connectivity index (χ0n) is 17.6. The van der Waals surface area contributed by atoms with Gasteiger partial charge in [-0.25, -0.2) is 9.59 Å². The summed E-state index contributed by atoms with van der Waals surface area (Å²) in [6, 6.07) is 19.6. The van der Waals surface area contributed by atoms with Crippen LogP contribution in [-0.2, 0) is 19.1 Å². The van der Waals surface area contributed by atoms with Gasteiger partial charge in [0.25, 0.3) is 0 Å². The minimum absolute atomic E-state index is 0.0590. The van der Waals surface area contributed by atoms with Gasteiger partial charge < -0.3 is 9.47 Å². The van der Waals surface area contributed by atoms with Crippen LogP contribution in [0.5, 0.6) is 0 Å². The van der Waals surface area contributed by atoms with E-state index >= 15 is 0 Å². The number of carbonyl (C=O) groups excluding carboxylic acids is 2. The summed E-state index contributed by atoms with van der Waals surface area (Å²) < 4.78 is 11.4. The van der Waals surface area contributed by atoms with Crippen molar-refractivity contribution in [3.05, 3.63) is 83.9 Å². The normalized spacial score (nSPS) is 25.7. The van der Waals surface area contributed by atoms with Crippen molar-refractivity contribution in [2.75, 3.05) is 7.05 Å². The smallest absolute Gasteiger partial charge is 0.331 e. The molecule has 2 aliphatic heterocycles. The van der Waals surface area contributed by atoms with Crippen LogP contribution in [0.3, 0.4) is 0 Å². The third-order valence-corrected chi connectivity index (χ3v) is 6.05. The van der Waals surface area contributed by atoms with E-state index in [-0.39, 0.29) is 36.2 Å². The number of fused-ring (bicyclic) bond motifs is 2. The van der Waals surface area contributed by atoms with Gasteiger partial charge in [0, 0.05) is 37.5 Å². The second kappa shape index (κ2) is 9.75. The van der Waals surface area contributed by atoms with Crippen LogP contribution in [0.2, 0.25) is 0 Å². The van der Waals surface area contributed by atoms with E-state index in [1.165, 1.54) is 12.2 Å². The predicted molar refractivity (Wildman–Crippen MR) is 120 cm³/mol. The van der Waals surface area contributed by atoms with Gasteiger partial charge in [0.15, 0.2) is 0 Å². The van der Waals surface area contributed by atoms with E-state index in [0.29, 0.717) is 6.42 Å². The van der Waals surface area contributed by atoms with Crippen molar-refractivity contribution in [2.45, 2.75) is 43.6 Å². The van der Waals surface area contributed by atoms with E-state index in [1.807, 2.05) is 60.7 Å². The molecule has 2 saturated heterocycles. The largest absolute Gasteiger partial charge is 0.459 e. The van der Waals surface area contributed by atoms with Crippen LogP contribution in [0.15, 0.2) is 72.8 Å². The first-order chi connectivity index (χ1) is 15.1. The number of rotatable bonds is 6. The number of esters is 2. The van der Waals surface area contributed by atoms with Gasteiger partial charge in [-0.15, -0.1) is 0 Å². The highest BCUT2D eigenvalue weighted by atomic mass is 16.6. The number of carbonyl (C=O) groups is 2. The molecule has 0 aliphatic carbocycles. The van der Waals surface area contributed by atoms with Crippen LogP contribution in [0.1, 0.15) is 30.4 Å². The van der Waals surface area contributed by atoms with E-state index in [9.17, 15) is 9.59 Å². The van der Waals surface area contributed by atoms with E-state index in [1.54, 1.807) is 12.2 Å². The fourth-order valence-corrected chi connectivity index (χ4v) is 4.45. The van der Waals surface area contributed by atoms with Gasteiger partial charge in [-0.1, -0.05) is 60.7 Å². The third-order valence-electron chi connectivity index (χ3n) is 6.05.